The summed E-state index contributed by atoms with van der Waals surface area (Å²) in [7, 11) is -2.02. The van der Waals surface area contributed by atoms with Crippen LogP contribution in [0, 0.1) is 0 Å². The van der Waals surface area contributed by atoms with Gasteiger partial charge < -0.3 is 0 Å². The summed E-state index contributed by atoms with van der Waals surface area (Å²) in [6.07, 6.45) is 1.72. The fourth-order valence-corrected chi connectivity index (χ4v) is 6.15. The SMILES string of the molecule is Cn1nnc(Br)c1S(=O)(=O)N1CCCC1c1cccs1. The van der Waals surface area contributed by atoms with Crippen LogP contribution in [0.2, 0.25) is 0 Å². The zero-order valence-electron chi connectivity index (χ0n) is 10.7. The Kier molecular flexibility index (Phi) is 3.69. The molecule has 2 aromatic heterocycles. The molecule has 1 fully saturated rings. The van der Waals surface area contributed by atoms with E-state index in [1.165, 1.54) is 4.68 Å². The highest BCUT2D eigenvalue weighted by atomic mass is 79.9. The summed E-state index contributed by atoms with van der Waals surface area (Å²) < 4.78 is 28.8. The molecule has 6 nitrogen and oxygen atoms in total. The van der Waals surface area contributed by atoms with E-state index >= 15 is 0 Å². The van der Waals surface area contributed by atoms with Gasteiger partial charge in [-0.05, 0) is 40.2 Å². The molecule has 1 aliphatic heterocycles. The third kappa shape index (κ3) is 2.22. The Morgan fingerprint density at radius 3 is 2.90 bits per heavy atom. The number of nitrogens with zero attached hydrogens (tertiary/aromatic N) is 4. The van der Waals surface area contributed by atoms with Gasteiger partial charge in [0.1, 0.15) is 0 Å². The Balaban J connectivity index is 2.03. The maximum absolute atomic E-state index is 12.8. The Morgan fingerprint density at radius 2 is 2.30 bits per heavy atom. The van der Waals surface area contributed by atoms with Crippen molar-refractivity contribution >= 4 is 37.3 Å². The summed E-state index contributed by atoms with van der Waals surface area (Å²) in [6, 6.07) is 3.85. The van der Waals surface area contributed by atoms with E-state index in [0.717, 1.165) is 17.7 Å². The fourth-order valence-electron chi connectivity index (χ4n) is 2.50. The van der Waals surface area contributed by atoms with E-state index in [1.54, 1.807) is 22.7 Å². The average Bonchev–Trinajstić information content (AvgIpc) is 3.08. The second-order valence-corrected chi connectivity index (χ2v) is 8.13. The van der Waals surface area contributed by atoms with Crippen molar-refractivity contribution in [2.45, 2.75) is 23.9 Å². The molecule has 1 atom stereocenters. The largest absolute Gasteiger partial charge is 0.263 e. The summed E-state index contributed by atoms with van der Waals surface area (Å²) in [5, 5.41) is 9.61. The Labute approximate surface area is 129 Å². The number of aryl methyl sites for hydroxylation is 1. The first-order chi connectivity index (χ1) is 9.51. The summed E-state index contributed by atoms with van der Waals surface area (Å²) in [4.78, 5) is 1.08. The Hall–Kier alpha value is -0.770. The van der Waals surface area contributed by atoms with Crippen LogP contribution in [0.5, 0.6) is 0 Å². The second-order valence-electron chi connectivity index (χ2n) is 4.60. The lowest BCUT2D eigenvalue weighted by Crippen LogP contribution is -2.32. The van der Waals surface area contributed by atoms with Gasteiger partial charge in [-0.15, -0.1) is 16.4 Å². The molecular weight excluding hydrogens is 364 g/mol. The van der Waals surface area contributed by atoms with E-state index in [4.69, 9.17) is 0 Å². The van der Waals surface area contributed by atoms with Gasteiger partial charge in [0.05, 0.1) is 6.04 Å². The lowest BCUT2D eigenvalue weighted by Gasteiger charge is -2.22. The molecule has 20 heavy (non-hydrogen) atoms. The molecule has 1 aliphatic rings. The van der Waals surface area contributed by atoms with Crippen LogP contribution in [0.3, 0.4) is 0 Å². The third-order valence-corrected chi connectivity index (χ3v) is 7.14. The lowest BCUT2D eigenvalue weighted by atomic mass is 10.2. The minimum Gasteiger partial charge on any atom is -0.235 e. The van der Waals surface area contributed by atoms with Crippen molar-refractivity contribution in [2.75, 3.05) is 6.54 Å². The lowest BCUT2D eigenvalue weighted by molar-refractivity contribution is 0.395. The number of thiophene rings is 1. The summed E-state index contributed by atoms with van der Waals surface area (Å²) >= 11 is 4.76. The zero-order chi connectivity index (χ0) is 14.3. The molecule has 0 N–H and O–H groups in total. The van der Waals surface area contributed by atoms with Crippen molar-refractivity contribution in [1.82, 2.24) is 19.3 Å². The van der Waals surface area contributed by atoms with Crippen LogP contribution < -0.4 is 0 Å². The number of aromatic nitrogens is 3. The molecule has 0 saturated carbocycles. The molecule has 108 valence electrons. The highest BCUT2D eigenvalue weighted by Crippen LogP contribution is 2.39. The monoisotopic (exact) mass is 376 g/mol. The predicted octanol–water partition coefficient (Wildman–Crippen LogP) is 2.16. The maximum Gasteiger partial charge on any atom is 0.263 e. The van der Waals surface area contributed by atoms with E-state index in [9.17, 15) is 8.42 Å². The van der Waals surface area contributed by atoms with E-state index in [2.05, 4.69) is 26.2 Å². The molecule has 0 amide bonds. The highest BCUT2D eigenvalue weighted by Gasteiger charge is 2.39. The molecule has 0 bridgehead atoms. The molecule has 0 spiro atoms. The Morgan fingerprint density at radius 1 is 1.50 bits per heavy atom. The molecule has 0 aromatic carbocycles. The van der Waals surface area contributed by atoms with Gasteiger partial charge in [0.15, 0.2) is 4.60 Å². The molecule has 9 heteroatoms. The summed E-state index contributed by atoms with van der Waals surface area (Å²) in [6.45, 7) is 0.530. The van der Waals surface area contributed by atoms with Crippen molar-refractivity contribution in [3.63, 3.8) is 0 Å². The Bertz CT molecular complexity index is 691. The normalized spacial score (nSPS) is 20.6. The van der Waals surface area contributed by atoms with Crippen LogP contribution in [0.4, 0.5) is 0 Å². The molecule has 0 aliphatic carbocycles. The zero-order valence-corrected chi connectivity index (χ0v) is 13.9. The first-order valence-electron chi connectivity index (χ1n) is 6.12. The standard InChI is InChI=1S/C11H13BrN4O2S2/c1-15-11(10(12)13-14-15)20(17,18)16-6-2-4-8(16)9-5-3-7-19-9/h3,5,7-8H,2,4,6H2,1H3. The van der Waals surface area contributed by atoms with Gasteiger partial charge >= 0.3 is 0 Å². The molecule has 3 heterocycles. The number of hydrogen-bond donors (Lipinski definition) is 0. The predicted molar refractivity (Wildman–Crippen MR) is 78.9 cm³/mol. The number of hydrogen-bond acceptors (Lipinski definition) is 5. The van der Waals surface area contributed by atoms with Gasteiger partial charge in [-0.3, -0.25) is 0 Å². The molecule has 2 aromatic rings. The molecular formula is C11H13BrN4O2S2. The summed E-state index contributed by atoms with van der Waals surface area (Å²) in [5.74, 6) is 0. The van der Waals surface area contributed by atoms with Gasteiger partial charge in [0.25, 0.3) is 10.0 Å². The second kappa shape index (κ2) is 5.21. The first-order valence-corrected chi connectivity index (χ1v) is 9.23. The van der Waals surface area contributed by atoms with E-state index < -0.39 is 10.0 Å². The van der Waals surface area contributed by atoms with Crippen LogP contribution in [0.25, 0.3) is 0 Å². The van der Waals surface area contributed by atoms with Gasteiger partial charge in [0.2, 0.25) is 5.03 Å². The van der Waals surface area contributed by atoms with Crippen LogP contribution in [0.15, 0.2) is 27.1 Å². The van der Waals surface area contributed by atoms with Crippen molar-refractivity contribution in [3.05, 3.63) is 27.0 Å². The maximum atomic E-state index is 12.8. The highest BCUT2D eigenvalue weighted by molar-refractivity contribution is 9.10. The quantitative estimate of drug-likeness (QED) is 0.822. The van der Waals surface area contributed by atoms with Crippen LogP contribution in [-0.2, 0) is 17.1 Å². The fraction of sp³-hybridized carbons (Fsp3) is 0.455. The van der Waals surface area contributed by atoms with Gasteiger partial charge in [0, 0.05) is 18.5 Å². The minimum absolute atomic E-state index is 0.0817. The molecule has 1 unspecified atom stereocenters. The summed E-state index contributed by atoms with van der Waals surface area (Å²) in [5.41, 5.74) is 0. The third-order valence-electron chi connectivity index (χ3n) is 3.37. The van der Waals surface area contributed by atoms with Gasteiger partial charge in [-0.25, -0.2) is 13.1 Å². The minimum atomic E-state index is -3.60. The van der Waals surface area contributed by atoms with Crippen molar-refractivity contribution in [2.24, 2.45) is 7.05 Å². The topological polar surface area (TPSA) is 68.1 Å². The van der Waals surface area contributed by atoms with E-state index in [0.29, 0.717) is 6.54 Å². The van der Waals surface area contributed by atoms with Crippen LogP contribution >= 0.6 is 27.3 Å². The van der Waals surface area contributed by atoms with Gasteiger partial charge in [-0.1, -0.05) is 11.3 Å². The molecule has 1 saturated heterocycles. The van der Waals surface area contributed by atoms with Crippen molar-refractivity contribution < 1.29 is 8.42 Å². The first kappa shape index (κ1) is 14.2. The average molecular weight is 377 g/mol. The van der Waals surface area contributed by atoms with Crippen LogP contribution in [0.1, 0.15) is 23.8 Å². The number of sulfonamides is 1. The molecule has 0 radical (unpaired) electrons. The van der Waals surface area contributed by atoms with E-state index in [1.807, 2.05) is 17.5 Å². The van der Waals surface area contributed by atoms with E-state index in [-0.39, 0.29) is 15.7 Å². The molecule has 3 rings (SSSR count). The number of rotatable bonds is 3. The van der Waals surface area contributed by atoms with Crippen molar-refractivity contribution in [3.8, 4) is 0 Å². The van der Waals surface area contributed by atoms with Crippen molar-refractivity contribution in [1.29, 1.82) is 0 Å². The smallest absolute Gasteiger partial charge is 0.235 e. The number of halogens is 1. The van der Waals surface area contributed by atoms with Crippen LogP contribution in [-0.4, -0.2) is 34.3 Å². The van der Waals surface area contributed by atoms with Gasteiger partial charge in [-0.2, -0.15) is 4.31 Å².